The molecule has 0 aromatic rings. The van der Waals surface area contributed by atoms with Gasteiger partial charge in [-0.05, 0) is 30.1 Å². The Labute approximate surface area is 90.1 Å². The smallest absolute Gasteiger partial charge is 0.151 e. The van der Waals surface area contributed by atoms with Gasteiger partial charge in [-0.2, -0.15) is 0 Å². The van der Waals surface area contributed by atoms with Gasteiger partial charge in [-0.15, -0.1) is 0 Å². The van der Waals surface area contributed by atoms with Crippen LogP contribution in [-0.4, -0.2) is 12.8 Å². The molecule has 0 spiro atoms. The molecule has 82 valence electrons. The van der Waals surface area contributed by atoms with Gasteiger partial charge in [-0.25, -0.2) is 4.39 Å². The summed E-state index contributed by atoms with van der Waals surface area (Å²) in [7, 11) is 1.74. The Morgan fingerprint density at radius 1 is 1.47 bits per heavy atom. The van der Waals surface area contributed by atoms with Gasteiger partial charge in [0.1, 0.15) is 0 Å². The first-order valence-corrected chi connectivity index (χ1v) is 5.04. The molecule has 0 fully saturated rings. The number of rotatable bonds is 2. The van der Waals surface area contributed by atoms with Crippen LogP contribution in [-0.2, 0) is 0 Å². The zero-order chi connectivity index (χ0) is 11.6. The summed E-state index contributed by atoms with van der Waals surface area (Å²) in [5, 5.41) is 10.5. The van der Waals surface area contributed by atoms with Crippen molar-refractivity contribution in [1.29, 1.82) is 5.41 Å². The van der Waals surface area contributed by atoms with E-state index < -0.39 is 5.83 Å². The van der Waals surface area contributed by atoms with Crippen molar-refractivity contribution < 1.29 is 4.39 Å². The Morgan fingerprint density at radius 2 is 2.07 bits per heavy atom. The van der Waals surface area contributed by atoms with Crippen molar-refractivity contribution in [1.82, 2.24) is 5.32 Å². The molecule has 0 atom stereocenters. The molecule has 0 unspecified atom stereocenters. The zero-order valence-electron chi connectivity index (χ0n) is 9.61. The van der Waals surface area contributed by atoms with E-state index in [1.807, 2.05) is 19.9 Å². The molecule has 2 nitrogen and oxygen atoms in total. The first-order chi connectivity index (χ1) is 6.99. The second kappa shape index (κ2) is 4.43. The summed E-state index contributed by atoms with van der Waals surface area (Å²) < 4.78 is 13.7. The molecular weight excluding hydrogens is 191 g/mol. The molecule has 0 radical (unpaired) electrons. The second-order valence-electron chi connectivity index (χ2n) is 3.96. The summed E-state index contributed by atoms with van der Waals surface area (Å²) in [6.07, 6.45) is 3.53. The van der Waals surface area contributed by atoms with E-state index in [0.717, 1.165) is 5.57 Å². The fourth-order valence-corrected chi connectivity index (χ4v) is 1.66. The summed E-state index contributed by atoms with van der Waals surface area (Å²) in [6, 6.07) is 0. The lowest BCUT2D eigenvalue weighted by atomic mass is 9.87. The Balaban J connectivity index is 3.23. The first kappa shape index (κ1) is 11.7. The van der Waals surface area contributed by atoms with Crippen LogP contribution in [0.2, 0.25) is 0 Å². The predicted molar refractivity (Wildman–Crippen MR) is 61.6 cm³/mol. The van der Waals surface area contributed by atoms with E-state index in [9.17, 15) is 4.39 Å². The van der Waals surface area contributed by atoms with Crippen LogP contribution in [0.25, 0.3) is 0 Å². The van der Waals surface area contributed by atoms with E-state index in [0.29, 0.717) is 11.1 Å². The van der Waals surface area contributed by atoms with Gasteiger partial charge in [-0.1, -0.05) is 13.8 Å². The van der Waals surface area contributed by atoms with Gasteiger partial charge in [0.05, 0.1) is 5.71 Å². The number of hydrogen-bond acceptors (Lipinski definition) is 2. The van der Waals surface area contributed by atoms with Crippen LogP contribution in [0.4, 0.5) is 4.39 Å². The van der Waals surface area contributed by atoms with Crippen molar-refractivity contribution in [2.75, 3.05) is 7.05 Å². The monoisotopic (exact) mass is 208 g/mol. The molecule has 15 heavy (non-hydrogen) atoms. The largest absolute Gasteiger partial charge is 0.393 e. The van der Waals surface area contributed by atoms with Crippen LogP contribution < -0.4 is 5.32 Å². The van der Waals surface area contributed by atoms with Crippen molar-refractivity contribution in [3.8, 4) is 0 Å². The molecule has 1 aliphatic rings. The van der Waals surface area contributed by atoms with Crippen LogP contribution in [0.1, 0.15) is 20.8 Å². The Hall–Kier alpha value is -1.38. The molecule has 0 heterocycles. The minimum Gasteiger partial charge on any atom is -0.393 e. The molecule has 0 bridgehead atoms. The van der Waals surface area contributed by atoms with Crippen molar-refractivity contribution in [3.05, 3.63) is 34.8 Å². The third-order valence-electron chi connectivity index (χ3n) is 2.50. The average Bonchev–Trinajstić information content (AvgIpc) is 2.18. The van der Waals surface area contributed by atoms with Crippen LogP contribution in [0.15, 0.2) is 34.8 Å². The van der Waals surface area contributed by atoms with Gasteiger partial charge in [0.2, 0.25) is 0 Å². The van der Waals surface area contributed by atoms with E-state index >= 15 is 0 Å². The molecule has 0 saturated heterocycles. The Morgan fingerprint density at radius 3 is 2.53 bits per heavy atom. The topological polar surface area (TPSA) is 35.9 Å². The lowest BCUT2D eigenvalue weighted by molar-refractivity contribution is 0.655. The normalized spacial score (nSPS) is 20.0. The Kier molecular flexibility index (Phi) is 3.45. The molecule has 1 aliphatic carbocycles. The van der Waals surface area contributed by atoms with E-state index in [1.165, 1.54) is 0 Å². The molecule has 0 aliphatic heterocycles. The first-order valence-electron chi connectivity index (χ1n) is 5.04. The van der Waals surface area contributed by atoms with Crippen molar-refractivity contribution in [2.24, 2.45) is 5.92 Å². The molecule has 0 amide bonds. The Bertz CT molecular complexity index is 373. The molecule has 2 N–H and O–H groups in total. The van der Waals surface area contributed by atoms with E-state index in [-0.39, 0.29) is 11.6 Å². The van der Waals surface area contributed by atoms with Gasteiger partial charge in [-0.3, -0.25) is 5.41 Å². The third-order valence-corrected chi connectivity index (χ3v) is 2.50. The maximum Gasteiger partial charge on any atom is 0.151 e. The zero-order valence-corrected chi connectivity index (χ0v) is 9.61. The van der Waals surface area contributed by atoms with E-state index in [4.69, 9.17) is 5.41 Å². The summed E-state index contributed by atoms with van der Waals surface area (Å²) in [4.78, 5) is 0. The maximum absolute atomic E-state index is 13.7. The number of allylic oxidation sites excluding steroid dienone is 5. The number of halogens is 1. The van der Waals surface area contributed by atoms with Gasteiger partial charge in [0.25, 0.3) is 0 Å². The highest BCUT2D eigenvalue weighted by Crippen LogP contribution is 2.30. The average molecular weight is 208 g/mol. The van der Waals surface area contributed by atoms with Crippen LogP contribution in [0.5, 0.6) is 0 Å². The van der Waals surface area contributed by atoms with E-state index in [2.05, 4.69) is 5.32 Å². The third kappa shape index (κ3) is 2.17. The van der Waals surface area contributed by atoms with Crippen LogP contribution in [0.3, 0.4) is 0 Å². The SMILES string of the molecule is CN/C=C1/C=C(C(C)C)C(C)=C(F)C1=N. The van der Waals surface area contributed by atoms with Gasteiger partial charge in [0, 0.05) is 18.8 Å². The lowest BCUT2D eigenvalue weighted by Gasteiger charge is -2.20. The lowest BCUT2D eigenvalue weighted by Crippen LogP contribution is -2.14. The van der Waals surface area contributed by atoms with Crippen molar-refractivity contribution in [3.63, 3.8) is 0 Å². The van der Waals surface area contributed by atoms with Gasteiger partial charge >= 0.3 is 0 Å². The molecule has 1 rings (SSSR count). The highest BCUT2D eigenvalue weighted by molar-refractivity contribution is 6.12. The molecule has 0 saturated carbocycles. The van der Waals surface area contributed by atoms with Crippen LogP contribution in [0, 0.1) is 11.3 Å². The minimum absolute atomic E-state index is 0.0359. The molecular formula is C12H17FN2. The van der Waals surface area contributed by atoms with Crippen LogP contribution >= 0.6 is 0 Å². The molecule has 0 aromatic heterocycles. The summed E-state index contributed by atoms with van der Waals surface area (Å²) in [5.41, 5.74) is 2.11. The maximum atomic E-state index is 13.7. The van der Waals surface area contributed by atoms with Crippen molar-refractivity contribution >= 4 is 5.71 Å². The number of nitrogens with one attached hydrogen (secondary N) is 2. The number of hydrogen-bond donors (Lipinski definition) is 2. The summed E-state index contributed by atoms with van der Waals surface area (Å²) >= 11 is 0. The van der Waals surface area contributed by atoms with Crippen molar-refractivity contribution in [2.45, 2.75) is 20.8 Å². The fraction of sp³-hybridized carbons (Fsp3) is 0.417. The highest BCUT2D eigenvalue weighted by Gasteiger charge is 2.22. The summed E-state index contributed by atoms with van der Waals surface area (Å²) in [5.74, 6) is -0.146. The quantitative estimate of drug-likeness (QED) is 0.719. The standard InChI is InChI=1S/C12H17FN2/c1-7(2)10-5-9(6-15-4)12(14)11(13)8(10)3/h5-7,14-15H,1-4H3/b9-6-,14-12?. The van der Waals surface area contributed by atoms with E-state index in [1.54, 1.807) is 20.2 Å². The predicted octanol–water partition coefficient (Wildman–Crippen LogP) is 2.95. The molecule has 0 aromatic carbocycles. The minimum atomic E-state index is -0.414. The highest BCUT2D eigenvalue weighted by atomic mass is 19.1. The van der Waals surface area contributed by atoms with Gasteiger partial charge < -0.3 is 5.32 Å². The molecule has 3 heteroatoms. The summed E-state index contributed by atoms with van der Waals surface area (Å²) in [6.45, 7) is 5.77. The second-order valence-corrected chi connectivity index (χ2v) is 3.96. The fourth-order valence-electron chi connectivity index (χ4n) is 1.66. The van der Waals surface area contributed by atoms with Gasteiger partial charge in [0.15, 0.2) is 5.83 Å².